The van der Waals surface area contributed by atoms with Crippen molar-refractivity contribution in [3.8, 4) is 5.69 Å². The molecule has 6 nitrogen and oxygen atoms in total. The first-order valence-electron chi connectivity index (χ1n) is 10.00. The lowest BCUT2D eigenvalue weighted by Crippen LogP contribution is -2.41. The molecule has 1 aromatic heterocycles. The summed E-state index contributed by atoms with van der Waals surface area (Å²) < 4.78 is 16.2. The number of benzene rings is 2. The van der Waals surface area contributed by atoms with Crippen LogP contribution in [0.1, 0.15) is 34.2 Å². The van der Waals surface area contributed by atoms with E-state index < -0.39 is 23.3 Å². The lowest BCUT2D eigenvalue weighted by atomic mass is 9.92. The highest BCUT2D eigenvalue weighted by Gasteiger charge is 2.49. The largest absolute Gasteiger partial charge is 0.325 e. The van der Waals surface area contributed by atoms with Crippen LogP contribution in [0.25, 0.3) is 5.69 Å². The standard InChI is InChI=1S/C24H21BrFN3O3/c1-14-12-20(15(2)29(14)19-10-6-17(25)7-11-19)21(30)13-28-22(31)24(3,27-23(28)32)16-4-8-18(26)9-5-16/h4-12H,13H2,1-3H3,(H,27,32). The summed E-state index contributed by atoms with van der Waals surface area (Å²) in [4.78, 5) is 39.7. The minimum atomic E-state index is -1.36. The number of urea groups is 1. The first kappa shape index (κ1) is 22.0. The van der Waals surface area contributed by atoms with Gasteiger partial charge in [-0.1, -0.05) is 28.1 Å². The van der Waals surface area contributed by atoms with Crippen molar-refractivity contribution in [2.45, 2.75) is 26.3 Å². The van der Waals surface area contributed by atoms with Crippen molar-refractivity contribution in [1.29, 1.82) is 0 Å². The Morgan fingerprint density at radius 3 is 2.31 bits per heavy atom. The average molecular weight is 498 g/mol. The zero-order valence-electron chi connectivity index (χ0n) is 17.8. The number of hydrogen-bond donors (Lipinski definition) is 1. The molecule has 0 radical (unpaired) electrons. The second-order valence-electron chi connectivity index (χ2n) is 7.97. The summed E-state index contributed by atoms with van der Waals surface area (Å²) in [5.41, 5.74) is 2.02. The van der Waals surface area contributed by atoms with Gasteiger partial charge < -0.3 is 9.88 Å². The number of Topliss-reactive ketones (excluding diaryl/α,β-unsaturated/α-hetero) is 1. The van der Waals surface area contributed by atoms with Gasteiger partial charge in [-0.15, -0.1) is 0 Å². The number of aromatic nitrogens is 1. The Morgan fingerprint density at radius 2 is 1.69 bits per heavy atom. The van der Waals surface area contributed by atoms with Gasteiger partial charge in [0.1, 0.15) is 11.4 Å². The molecule has 1 unspecified atom stereocenters. The van der Waals surface area contributed by atoms with Crippen molar-refractivity contribution in [2.24, 2.45) is 0 Å². The summed E-state index contributed by atoms with van der Waals surface area (Å²) in [6.45, 7) is 4.89. The molecule has 32 heavy (non-hydrogen) atoms. The van der Waals surface area contributed by atoms with Crippen molar-refractivity contribution in [3.63, 3.8) is 0 Å². The van der Waals surface area contributed by atoms with Gasteiger partial charge in [-0.05, 0) is 68.8 Å². The van der Waals surface area contributed by atoms with Crippen LogP contribution in [0.4, 0.5) is 9.18 Å². The Labute approximate surface area is 193 Å². The number of carbonyl (C=O) groups is 3. The van der Waals surface area contributed by atoms with Crippen LogP contribution in [0, 0.1) is 19.7 Å². The molecule has 164 valence electrons. The van der Waals surface area contributed by atoms with Crippen LogP contribution < -0.4 is 5.32 Å². The Balaban J connectivity index is 1.60. The number of imide groups is 1. The lowest BCUT2D eigenvalue weighted by Gasteiger charge is -2.22. The predicted molar refractivity (Wildman–Crippen MR) is 121 cm³/mol. The van der Waals surface area contributed by atoms with E-state index in [2.05, 4.69) is 21.2 Å². The molecule has 8 heteroatoms. The summed E-state index contributed by atoms with van der Waals surface area (Å²) >= 11 is 3.42. The monoisotopic (exact) mass is 497 g/mol. The SMILES string of the molecule is Cc1cc(C(=O)CN2C(=O)NC(C)(c3ccc(F)cc3)C2=O)c(C)n1-c1ccc(Br)cc1. The van der Waals surface area contributed by atoms with Crippen molar-refractivity contribution < 1.29 is 18.8 Å². The van der Waals surface area contributed by atoms with E-state index in [-0.39, 0.29) is 12.3 Å². The molecule has 0 bridgehead atoms. The molecule has 1 N–H and O–H groups in total. The van der Waals surface area contributed by atoms with E-state index in [4.69, 9.17) is 0 Å². The molecular weight excluding hydrogens is 477 g/mol. The van der Waals surface area contributed by atoms with E-state index in [1.54, 1.807) is 13.0 Å². The second kappa shape index (κ2) is 8.02. The molecule has 2 aromatic carbocycles. The number of ketones is 1. The van der Waals surface area contributed by atoms with Gasteiger partial charge in [-0.2, -0.15) is 0 Å². The van der Waals surface area contributed by atoms with Gasteiger partial charge in [0.25, 0.3) is 5.91 Å². The summed E-state index contributed by atoms with van der Waals surface area (Å²) in [5.74, 6) is -1.33. The van der Waals surface area contributed by atoms with Crippen LogP contribution in [-0.4, -0.2) is 33.7 Å². The number of nitrogens with one attached hydrogen (secondary N) is 1. The fourth-order valence-corrected chi connectivity index (χ4v) is 4.35. The molecule has 3 aromatic rings. The minimum absolute atomic E-state index is 0.340. The van der Waals surface area contributed by atoms with Crippen LogP contribution in [-0.2, 0) is 10.3 Å². The maximum absolute atomic E-state index is 13.3. The molecule has 1 fully saturated rings. The third-order valence-corrected chi connectivity index (χ3v) is 6.34. The quantitative estimate of drug-likeness (QED) is 0.412. The first-order valence-corrected chi connectivity index (χ1v) is 10.8. The molecule has 1 aliphatic rings. The summed E-state index contributed by atoms with van der Waals surface area (Å²) in [7, 11) is 0. The van der Waals surface area contributed by atoms with E-state index in [0.29, 0.717) is 11.1 Å². The van der Waals surface area contributed by atoms with Gasteiger partial charge in [-0.3, -0.25) is 14.5 Å². The number of rotatable bonds is 5. The maximum atomic E-state index is 13.3. The lowest BCUT2D eigenvalue weighted by molar-refractivity contribution is -0.130. The summed E-state index contributed by atoms with van der Waals surface area (Å²) in [6.07, 6.45) is 0. The molecule has 0 saturated carbocycles. The molecule has 1 saturated heterocycles. The van der Waals surface area contributed by atoms with Gasteiger partial charge in [0.05, 0.1) is 6.54 Å². The van der Waals surface area contributed by atoms with Crippen LogP contribution >= 0.6 is 15.9 Å². The number of nitrogens with zero attached hydrogens (tertiary/aromatic N) is 2. The van der Waals surface area contributed by atoms with E-state index in [1.165, 1.54) is 24.3 Å². The van der Waals surface area contributed by atoms with E-state index in [9.17, 15) is 18.8 Å². The van der Waals surface area contributed by atoms with Gasteiger partial charge in [0, 0.05) is 27.1 Å². The summed E-state index contributed by atoms with van der Waals surface area (Å²) in [6, 6.07) is 14.2. The topological polar surface area (TPSA) is 71.4 Å². The van der Waals surface area contributed by atoms with Gasteiger partial charge in [0.15, 0.2) is 5.78 Å². The highest BCUT2D eigenvalue weighted by atomic mass is 79.9. The van der Waals surface area contributed by atoms with Crippen molar-refractivity contribution in [1.82, 2.24) is 14.8 Å². The predicted octanol–water partition coefficient (Wildman–Crippen LogP) is 4.65. The molecule has 1 atom stereocenters. The third kappa shape index (κ3) is 3.64. The third-order valence-electron chi connectivity index (χ3n) is 5.81. The maximum Gasteiger partial charge on any atom is 0.325 e. The molecule has 0 aliphatic carbocycles. The zero-order chi connectivity index (χ0) is 23.2. The van der Waals surface area contributed by atoms with Crippen molar-refractivity contribution in [2.75, 3.05) is 6.54 Å². The number of halogens is 2. The average Bonchev–Trinajstić information content (AvgIpc) is 3.17. The number of aryl methyl sites for hydroxylation is 1. The van der Waals surface area contributed by atoms with E-state index >= 15 is 0 Å². The number of amides is 3. The molecule has 3 amide bonds. The minimum Gasteiger partial charge on any atom is -0.319 e. The van der Waals surface area contributed by atoms with Crippen LogP contribution in [0.5, 0.6) is 0 Å². The van der Waals surface area contributed by atoms with E-state index in [1.807, 2.05) is 42.7 Å². The van der Waals surface area contributed by atoms with Gasteiger partial charge in [-0.25, -0.2) is 9.18 Å². The highest BCUT2D eigenvalue weighted by molar-refractivity contribution is 9.10. The van der Waals surface area contributed by atoms with E-state index in [0.717, 1.165) is 26.4 Å². The Kier molecular flexibility index (Phi) is 5.50. The van der Waals surface area contributed by atoms with Crippen LogP contribution in [0.15, 0.2) is 59.1 Å². The Morgan fingerprint density at radius 1 is 1.06 bits per heavy atom. The zero-order valence-corrected chi connectivity index (χ0v) is 19.4. The van der Waals surface area contributed by atoms with Crippen molar-refractivity contribution >= 4 is 33.7 Å². The Hall–Kier alpha value is -3.26. The van der Waals surface area contributed by atoms with Gasteiger partial charge >= 0.3 is 6.03 Å². The van der Waals surface area contributed by atoms with Gasteiger partial charge in [0.2, 0.25) is 0 Å². The first-order chi connectivity index (χ1) is 15.1. The summed E-state index contributed by atoms with van der Waals surface area (Å²) in [5, 5.41) is 2.64. The smallest absolute Gasteiger partial charge is 0.319 e. The van der Waals surface area contributed by atoms with Crippen LogP contribution in [0.2, 0.25) is 0 Å². The molecule has 1 aliphatic heterocycles. The molecular formula is C24H21BrFN3O3. The number of carbonyl (C=O) groups excluding carboxylic acids is 3. The molecule has 2 heterocycles. The normalized spacial score (nSPS) is 18.2. The van der Waals surface area contributed by atoms with Crippen molar-refractivity contribution in [3.05, 3.63) is 87.4 Å². The second-order valence-corrected chi connectivity index (χ2v) is 8.89. The fraction of sp³-hybridized carbons (Fsp3) is 0.208. The molecule has 4 rings (SSSR count). The molecule has 0 spiro atoms. The van der Waals surface area contributed by atoms with Crippen LogP contribution in [0.3, 0.4) is 0 Å². The Bertz CT molecular complexity index is 1230. The fourth-order valence-electron chi connectivity index (χ4n) is 4.08. The number of hydrogen-bond acceptors (Lipinski definition) is 3. The highest BCUT2D eigenvalue weighted by Crippen LogP contribution is 2.30.